The van der Waals surface area contributed by atoms with E-state index in [2.05, 4.69) is 18.8 Å². The highest BCUT2D eigenvalue weighted by Gasteiger charge is 2.14. The number of thioether (sulfide) groups is 1. The molecule has 0 unspecified atom stereocenters. The smallest absolute Gasteiger partial charge is 0.280 e. The van der Waals surface area contributed by atoms with E-state index in [1.807, 2.05) is 48.0 Å². The first kappa shape index (κ1) is 17.8. The minimum Gasteiger partial charge on any atom is -0.495 e. The monoisotopic (exact) mass is 372 g/mol. The summed E-state index contributed by atoms with van der Waals surface area (Å²) >= 11 is 3.17. The van der Waals surface area contributed by atoms with Crippen LogP contribution in [0.2, 0.25) is 0 Å². The Kier molecular flexibility index (Phi) is 5.30. The molecule has 0 saturated heterocycles. The Labute approximate surface area is 155 Å². The Morgan fingerprint density at radius 3 is 2.76 bits per heavy atom. The number of aromatic nitrogens is 1. The third-order valence-electron chi connectivity index (χ3n) is 3.94. The van der Waals surface area contributed by atoms with Gasteiger partial charge in [0.1, 0.15) is 11.3 Å². The summed E-state index contributed by atoms with van der Waals surface area (Å²) in [6.07, 6.45) is 0. The van der Waals surface area contributed by atoms with Gasteiger partial charge in [-0.25, -0.2) is 0 Å². The van der Waals surface area contributed by atoms with Crippen molar-refractivity contribution in [3.8, 4) is 5.75 Å². The van der Waals surface area contributed by atoms with Gasteiger partial charge in [0.05, 0.1) is 17.4 Å². The minimum absolute atomic E-state index is 0.213. The number of benzene rings is 2. The Morgan fingerprint density at radius 2 is 2.04 bits per heavy atom. The van der Waals surface area contributed by atoms with Crippen LogP contribution in [0.15, 0.2) is 46.3 Å². The summed E-state index contributed by atoms with van der Waals surface area (Å²) < 4.78 is 8.49. The second kappa shape index (κ2) is 7.45. The van der Waals surface area contributed by atoms with Crippen LogP contribution >= 0.6 is 23.1 Å². The number of carbonyl (C=O) groups excluding carboxylic acids is 1. The Hall–Kier alpha value is -2.05. The molecular formula is C19H20N2O2S2. The van der Waals surface area contributed by atoms with Gasteiger partial charge in [0.15, 0.2) is 4.80 Å². The molecule has 0 spiro atoms. The Morgan fingerprint density at radius 1 is 1.28 bits per heavy atom. The number of hydrogen-bond acceptors (Lipinski definition) is 4. The van der Waals surface area contributed by atoms with Crippen LogP contribution < -0.4 is 9.54 Å². The number of amides is 1. The lowest BCUT2D eigenvalue weighted by Gasteiger charge is -2.05. The predicted octanol–water partition coefficient (Wildman–Crippen LogP) is 4.41. The fourth-order valence-electron chi connectivity index (χ4n) is 2.69. The highest BCUT2D eigenvalue weighted by atomic mass is 32.2. The molecule has 3 rings (SSSR count). The van der Waals surface area contributed by atoms with Crippen LogP contribution in [0.25, 0.3) is 10.2 Å². The normalized spacial score (nSPS) is 11.9. The molecule has 1 heterocycles. The lowest BCUT2D eigenvalue weighted by Crippen LogP contribution is -2.14. The van der Waals surface area contributed by atoms with E-state index in [4.69, 9.17) is 4.74 Å². The van der Waals surface area contributed by atoms with Gasteiger partial charge in [-0.1, -0.05) is 36.5 Å². The third-order valence-corrected chi connectivity index (χ3v) is 6.16. The summed E-state index contributed by atoms with van der Waals surface area (Å²) in [5, 5.41) is 0. The molecule has 0 radical (unpaired) electrons. The molecule has 0 bridgehead atoms. The van der Waals surface area contributed by atoms with Crippen LogP contribution in [0.5, 0.6) is 5.75 Å². The summed E-state index contributed by atoms with van der Waals surface area (Å²) in [4.78, 5) is 18.8. The first-order valence-electron chi connectivity index (χ1n) is 8.00. The van der Waals surface area contributed by atoms with Crippen LogP contribution in [-0.2, 0) is 7.05 Å². The maximum absolute atomic E-state index is 12.8. The number of thiazole rings is 1. The van der Waals surface area contributed by atoms with Gasteiger partial charge in [-0.05, 0) is 36.4 Å². The van der Waals surface area contributed by atoms with Crippen LogP contribution in [0.4, 0.5) is 0 Å². The van der Waals surface area contributed by atoms with E-state index in [1.54, 1.807) is 18.9 Å². The van der Waals surface area contributed by atoms with Crippen molar-refractivity contribution < 1.29 is 9.53 Å². The zero-order valence-electron chi connectivity index (χ0n) is 14.7. The van der Waals surface area contributed by atoms with Crippen LogP contribution in [0, 0.1) is 6.92 Å². The van der Waals surface area contributed by atoms with Crippen molar-refractivity contribution in [2.75, 3.05) is 12.9 Å². The summed E-state index contributed by atoms with van der Waals surface area (Å²) in [7, 11) is 3.57. The van der Waals surface area contributed by atoms with Crippen molar-refractivity contribution >= 4 is 39.2 Å². The van der Waals surface area contributed by atoms with Crippen molar-refractivity contribution in [1.82, 2.24) is 4.57 Å². The highest BCUT2D eigenvalue weighted by molar-refractivity contribution is 7.99. The Balaban J connectivity index is 2.15. The Bertz CT molecular complexity index is 1000. The van der Waals surface area contributed by atoms with Gasteiger partial charge < -0.3 is 9.30 Å². The number of hydrogen-bond donors (Lipinski definition) is 0. The van der Waals surface area contributed by atoms with E-state index >= 15 is 0 Å². The molecule has 130 valence electrons. The zero-order chi connectivity index (χ0) is 18.0. The average Bonchev–Trinajstić information content (AvgIpc) is 2.94. The van der Waals surface area contributed by atoms with Gasteiger partial charge in [-0.2, -0.15) is 4.99 Å². The number of aryl methyl sites for hydroxylation is 2. The van der Waals surface area contributed by atoms with Gasteiger partial charge >= 0.3 is 0 Å². The summed E-state index contributed by atoms with van der Waals surface area (Å²) in [6, 6.07) is 11.6. The third kappa shape index (κ3) is 3.37. The molecule has 1 aromatic heterocycles. The lowest BCUT2D eigenvalue weighted by molar-refractivity contribution is 0.0995. The van der Waals surface area contributed by atoms with E-state index in [0.717, 1.165) is 32.2 Å². The summed E-state index contributed by atoms with van der Waals surface area (Å²) in [6.45, 7) is 4.13. The standard InChI is InChI=1S/C19H20N2O2S2/c1-5-24-15-9-7-6-8-13(15)18(22)20-19-21(3)16-14(23-4)11-10-12(2)17(16)25-19/h6-11H,5H2,1-4H3. The van der Waals surface area contributed by atoms with Crippen molar-refractivity contribution in [1.29, 1.82) is 0 Å². The topological polar surface area (TPSA) is 43.6 Å². The van der Waals surface area contributed by atoms with Gasteiger partial charge in [0, 0.05) is 11.9 Å². The van der Waals surface area contributed by atoms with Crippen molar-refractivity contribution in [3.05, 3.63) is 52.3 Å². The van der Waals surface area contributed by atoms with Crippen LogP contribution in [-0.4, -0.2) is 23.3 Å². The fourth-order valence-corrected chi connectivity index (χ4v) is 4.59. The summed E-state index contributed by atoms with van der Waals surface area (Å²) in [5.74, 6) is 1.49. The second-order valence-electron chi connectivity index (χ2n) is 5.55. The van der Waals surface area contributed by atoms with Crippen molar-refractivity contribution in [2.24, 2.45) is 12.0 Å². The zero-order valence-corrected chi connectivity index (χ0v) is 16.3. The van der Waals surface area contributed by atoms with E-state index < -0.39 is 0 Å². The number of fused-ring (bicyclic) bond motifs is 1. The number of methoxy groups -OCH3 is 1. The van der Waals surface area contributed by atoms with E-state index in [0.29, 0.717) is 10.4 Å². The molecule has 0 aliphatic rings. The molecule has 1 amide bonds. The quantitative estimate of drug-likeness (QED) is 0.637. The highest BCUT2D eigenvalue weighted by Crippen LogP contribution is 2.30. The first-order valence-corrected chi connectivity index (χ1v) is 9.81. The van der Waals surface area contributed by atoms with Gasteiger partial charge in [0.2, 0.25) is 0 Å². The molecule has 0 aliphatic carbocycles. The lowest BCUT2D eigenvalue weighted by atomic mass is 10.2. The van der Waals surface area contributed by atoms with Crippen LogP contribution in [0.1, 0.15) is 22.8 Å². The SMILES string of the molecule is CCSc1ccccc1C(=O)N=c1sc2c(C)ccc(OC)c2n1C. The summed E-state index contributed by atoms with van der Waals surface area (Å²) in [5.41, 5.74) is 2.76. The molecule has 3 aromatic rings. The fraction of sp³-hybridized carbons (Fsp3) is 0.263. The predicted molar refractivity (Wildman–Crippen MR) is 105 cm³/mol. The molecule has 2 aromatic carbocycles. The molecule has 0 saturated carbocycles. The van der Waals surface area contributed by atoms with Gasteiger partial charge in [0.25, 0.3) is 5.91 Å². The van der Waals surface area contributed by atoms with Crippen molar-refractivity contribution in [2.45, 2.75) is 18.7 Å². The van der Waals surface area contributed by atoms with E-state index in [-0.39, 0.29) is 5.91 Å². The molecule has 0 atom stereocenters. The average molecular weight is 373 g/mol. The second-order valence-corrected chi connectivity index (χ2v) is 7.84. The molecule has 6 heteroatoms. The maximum atomic E-state index is 12.8. The first-order chi connectivity index (χ1) is 12.1. The molecular weight excluding hydrogens is 352 g/mol. The molecule has 0 aliphatic heterocycles. The molecule has 0 fully saturated rings. The van der Waals surface area contributed by atoms with E-state index in [9.17, 15) is 4.79 Å². The van der Waals surface area contributed by atoms with Crippen molar-refractivity contribution in [3.63, 3.8) is 0 Å². The number of rotatable bonds is 4. The number of carbonyl (C=O) groups is 1. The van der Waals surface area contributed by atoms with Gasteiger partial charge in [-0.15, -0.1) is 11.8 Å². The maximum Gasteiger partial charge on any atom is 0.280 e. The van der Waals surface area contributed by atoms with Crippen LogP contribution in [0.3, 0.4) is 0 Å². The molecule has 4 nitrogen and oxygen atoms in total. The number of nitrogens with zero attached hydrogens (tertiary/aromatic N) is 2. The van der Waals surface area contributed by atoms with Gasteiger partial charge in [-0.3, -0.25) is 4.79 Å². The minimum atomic E-state index is -0.213. The number of ether oxygens (including phenoxy) is 1. The molecule has 0 N–H and O–H groups in total. The largest absolute Gasteiger partial charge is 0.495 e. The van der Waals surface area contributed by atoms with E-state index in [1.165, 1.54) is 11.3 Å². The molecule has 25 heavy (non-hydrogen) atoms.